The van der Waals surface area contributed by atoms with Crippen LogP contribution in [-0.4, -0.2) is 39.7 Å². The maximum atomic E-state index is 13.0. The van der Waals surface area contributed by atoms with Gasteiger partial charge in [-0.1, -0.05) is 18.2 Å². The minimum absolute atomic E-state index is 0.148. The molecule has 128 valence electrons. The maximum Gasteiger partial charge on any atom is 0.358 e. The minimum atomic E-state index is -0.470. The zero-order valence-corrected chi connectivity index (χ0v) is 13.9. The molecular formula is C18H18N4O3. The lowest BCUT2D eigenvalue weighted by Crippen LogP contribution is -2.44. The van der Waals surface area contributed by atoms with Gasteiger partial charge in [0, 0.05) is 23.9 Å². The topological polar surface area (TPSA) is 80.2 Å². The summed E-state index contributed by atoms with van der Waals surface area (Å²) in [6, 6.07) is 9.60. The fourth-order valence-electron chi connectivity index (χ4n) is 3.11. The number of fused-ring (bicyclic) bond motifs is 2. The molecule has 0 aliphatic carbocycles. The molecule has 3 aromatic rings. The molecule has 0 unspecified atom stereocenters. The van der Waals surface area contributed by atoms with E-state index in [0.717, 1.165) is 23.7 Å². The fourth-order valence-corrected chi connectivity index (χ4v) is 3.11. The van der Waals surface area contributed by atoms with E-state index >= 15 is 0 Å². The molecule has 7 nitrogen and oxygen atoms in total. The number of ether oxygens (including phenoxy) is 1. The van der Waals surface area contributed by atoms with Gasteiger partial charge in [-0.15, -0.1) is 0 Å². The van der Waals surface area contributed by atoms with Gasteiger partial charge < -0.3 is 9.72 Å². The summed E-state index contributed by atoms with van der Waals surface area (Å²) in [6.07, 6.45) is 3.09. The van der Waals surface area contributed by atoms with Gasteiger partial charge >= 0.3 is 5.97 Å². The zero-order valence-electron chi connectivity index (χ0n) is 13.9. The third kappa shape index (κ3) is 2.67. The van der Waals surface area contributed by atoms with Crippen molar-refractivity contribution >= 4 is 22.8 Å². The van der Waals surface area contributed by atoms with Crippen LogP contribution in [-0.2, 0) is 11.2 Å². The number of para-hydroxylation sites is 1. The van der Waals surface area contributed by atoms with Gasteiger partial charge in [-0.2, -0.15) is 0 Å². The molecule has 7 heteroatoms. The first-order valence-corrected chi connectivity index (χ1v) is 8.32. The number of rotatable bonds is 3. The first kappa shape index (κ1) is 15.4. The highest BCUT2D eigenvalue weighted by Crippen LogP contribution is 2.19. The number of aryl methyl sites for hydroxylation is 1. The van der Waals surface area contributed by atoms with Crippen LogP contribution in [0.15, 0.2) is 36.5 Å². The van der Waals surface area contributed by atoms with Crippen LogP contribution in [0.1, 0.15) is 40.1 Å². The average molecular weight is 338 g/mol. The minimum Gasteiger partial charge on any atom is -0.461 e. The largest absolute Gasteiger partial charge is 0.461 e. The Morgan fingerprint density at radius 1 is 1.32 bits per heavy atom. The number of aromatic amines is 1. The molecule has 0 fully saturated rings. The van der Waals surface area contributed by atoms with Crippen LogP contribution in [0.4, 0.5) is 0 Å². The first-order chi connectivity index (χ1) is 12.2. The number of imidazole rings is 1. The molecule has 0 radical (unpaired) electrons. The second-order valence-electron chi connectivity index (χ2n) is 5.91. The van der Waals surface area contributed by atoms with E-state index < -0.39 is 5.97 Å². The van der Waals surface area contributed by atoms with Gasteiger partial charge in [0.15, 0.2) is 5.69 Å². The molecule has 1 aliphatic rings. The molecular weight excluding hydrogens is 320 g/mol. The van der Waals surface area contributed by atoms with Crippen LogP contribution in [0.25, 0.3) is 10.9 Å². The van der Waals surface area contributed by atoms with Crippen molar-refractivity contribution in [3.63, 3.8) is 0 Å². The molecule has 3 heterocycles. The number of hydrogen-bond acceptors (Lipinski definition) is 4. The molecule has 0 saturated heterocycles. The van der Waals surface area contributed by atoms with Crippen molar-refractivity contribution < 1.29 is 14.3 Å². The summed E-state index contributed by atoms with van der Waals surface area (Å²) in [5.74, 6) is 0.0751. The SMILES string of the molecule is CCOC(=O)c1cn2c(n1)CCCN2C(=O)c1cc2ccccc2[nH]1. The van der Waals surface area contributed by atoms with Crippen LogP contribution in [0.2, 0.25) is 0 Å². The van der Waals surface area contributed by atoms with Crippen molar-refractivity contribution in [2.75, 3.05) is 18.2 Å². The molecule has 4 rings (SSSR count). The zero-order chi connectivity index (χ0) is 17.4. The molecule has 0 saturated carbocycles. The monoisotopic (exact) mass is 338 g/mol. The summed E-state index contributed by atoms with van der Waals surface area (Å²) >= 11 is 0. The fraction of sp³-hybridized carbons (Fsp3) is 0.278. The van der Waals surface area contributed by atoms with Crippen LogP contribution >= 0.6 is 0 Å². The average Bonchev–Trinajstić information content (AvgIpc) is 3.25. The Labute approximate surface area is 144 Å². The summed E-state index contributed by atoms with van der Waals surface area (Å²) in [7, 11) is 0. The van der Waals surface area contributed by atoms with E-state index in [-0.39, 0.29) is 11.6 Å². The summed E-state index contributed by atoms with van der Waals surface area (Å²) in [5, 5.41) is 2.60. The predicted molar refractivity (Wildman–Crippen MR) is 92.2 cm³/mol. The Morgan fingerprint density at radius 3 is 2.96 bits per heavy atom. The molecule has 1 amide bonds. The summed E-state index contributed by atoms with van der Waals surface area (Å²) in [6.45, 7) is 2.61. The van der Waals surface area contributed by atoms with E-state index in [1.54, 1.807) is 22.8 Å². The quantitative estimate of drug-likeness (QED) is 0.743. The number of benzene rings is 1. The van der Waals surface area contributed by atoms with Crippen molar-refractivity contribution in [2.24, 2.45) is 0 Å². The highest BCUT2D eigenvalue weighted by atomic mass is 16.5. The third-order valence-corrected chi connectivity index (χ3v) is 4.27. The van der Waals surface area contributed by atoms with Crippen LogP contribution in [0.3, 0.4) is 0 Å². The Hall–Kier alpha value is -3.09. The molecule has 0 atom stereocenters. The van der Waals surface area contributed by atoms with Crippen molar-refractivity contribution in [3.05, 3.63) is 53.7 Å². The van der Waals surface area contributed by atoms with Gasteiger partial charge in [0.1, 0.15) is 11.5 Å². The first-order valence-electron chi connectivity index (χ1n) is 8.32. The van der Waals surface area contributed by atoms with E-state index in [4.69, 9.17) is 4.74 Å². The highest BCUT2D eigenvalue weighted by Gasteiger charge is 2.27. The summed E-state index contributed by atoms with van der Waals surface area (Å²) in [5.41, 5.74) is 1.66. The van der Waals surface area contributed by atoms with Crippen LogP contribution in [0.5, 0.6) is 0 Å². The number of aromatic nitrogens is 3. The number of nitrogens with one attached hydrogen (secondary N) is 1. The van der Waals surface area contributed by atoms with E-state index in [1.165, 1.54) is 0 Å². The van der Waals surface area contributed by atoms with E-state index in [9.17, 15) is 9.59 Å². The van der Waals surface area contributed by atoms with Gasteiger partial charge in [0.25, 0.3) is 5.91 Å². The predicted octanol–water partition coefficient (Wildman–Crippen LogP) is 2.27. The summed E-state index contributed by atoms with van der Waals surface area (Å²) in [4.78, 5) is 32.4. The number of carbonyl (C=O) groups excluding carboxylic acids is 2. The lowest BCUT2D eigenvalue weighted by atomic mass is 10.2. The molecule has 25 heavy (non-hydrogen) atoms. The molecule has 0 bridgehead atoms. The molecule has 1 aromatic carbocycles. The highest BCUT2D eigenvalue weighted by molar-refractivity contribution is 6.03. The van der Waals surface area contributed by atoms with Crippen molar-refractivity contribution in [2.45, 2.75) is 19.8 Å². The second kappa shape index (κ2) is 6.08. The van der Waals surface area contributed by atoms with Crippen LogP contribution in [0, 0.1) is 0 Å². The Balaban J connectivity index is 1.67. The van der Waals surface area contributed by atoms with E-state index in [1.807, 2.05) is 30.3 Å². The third-order valence-electron chi connectivity index (χ3n) is 4.27. The number of esters is 1. The Bertz CT molecular complexity index is 923. The lowest BCUT2D eigenvalue weighted by molar-refractivity contribution is 0.0519. The molecule has 2 aromatic heterocycles. The van der Waals surface area contributed by atoms with Crippen molar-refractivity contribution in [3.8, 4) is 0 Å². The van der Waals surface area contributed by atoms with E-state index in [2.05, 4.69) is 9.97 Å². The van der Waals surface area contributed by atoms with Gasteiger partial charge in [-0.3, -0.25) is 4.79 Å². The standard InChI is InChI=1S/C18H18N4O3/c1-2-25-18(24)15-11-22-16(20-15)8-5-9-21(22)17(23)14-10-12-6-3-4-7-13(12)19-14/h3-4,6-7,10-11,19H,2,5,8-9H2,1H3. The summed E-state index contributed by atoms with van der Waals surface area (Å²) < 4.78 is 6.67. The lowest BCUT2D eigenvalue weighted by Gasteiger charge is -2.28. The van der Waals surface area contributed by atoms with Gasteiger partial charge in [-0.25, -0.2) is 19.5 Å². The van der Waals surface area contributed by atoms with Crippen LogP contribution < -0.4 is 5.01 Å². The Kier molecular flexibility index (Phi) is 3.76. The molecule has 0 spiro atoms. The number of nitrogens with zero attached hydrogens (tertiary/aromatic N) is 3. The number of hydrogen-bond donors (Lipinski definition) is 1. The van der Waals surface area contributed by atoms with Gasteiger partial charge in [0.2, 0.25) is 0 Å². The van der Waals surface area contributed by atoms with Gasteiger partial charge in [-0.05, 0) is 25.5 Å². The smallest absolute Gasteiger partial charge is 0.358 e. The normalized spacial score (nSPS) is 13.7. The van der Waals surface area contributed by atoms with E-state index in [0.29, 0.717) is 24.7 Å². The Morgan fingerprint density at radius 2 is 2.16 bits per heavy atom. The number of carbonyl (C=O) groups is 2. The van der Waals surface area contributed by atoms with Crippen molar-refractivity contribution in [1.82, 2.24) is 14.6 Å². The molecule has 1 N–H and O–H groups in total. The second-order valence-corrected chi connectivity index (χ2v) is 5.91. The number of H-pyrrole nitrogens is 1. The maximum absolute atomic E-state index is 13.0. The molecule has 1 aliphatic heterocycles. The van der Waals surface area contributed by atoms with Gasteiger partial charge in [0.05, 0.1) is 12.8 Å². The van der Waals surface area contributed by atoms with Crippen molar-refractivity contribution in [1.29, 1.82) is 0 Å². The number of amides is 1.